The third-order valence-corrected chi connectivity index (χ3v) is 3.21. The summed E-state index contributed by atoms with van der Waals surface area (Å²) in [7, 11) is 2.01. The maximum Gasteiger partial charge on any atom is 0.0644 e. The minimum atomic E-state index is 0.404. The number of hydrogen-bond donors (Lipinski definition) is 1. The van der Waals surface area contributed by atoms with Crippen molar-refractivity contribution in [1.82, 2.24) is 15.1 Å². The van der Waals surface area contributed by atoms with Gasteiger partial charge < -0.3 is 5.32 Å². The summed E-state index contributed by atoms with van der Waals surface area (Å²) >= 11 is 0. The fourth-order valence-electron chi connectivity index (χ4n) is 2.25. The quantitative estimate of drug-likeness (QED) is 0.736. The van der Waals surface area contributed by atoms with Crippen LogP contribution < -0.4 is 5.32 Å². The fourth-order valence-corrected chi connectivity index (χ4v) is 2.25. The normalized spacial score (nSPS) is 12.7. The van der Waals surface area contributed by atoms with Gasteiger partial charge >= 0.3 is 0 Å². The number of nitrogens with one attached hydrogen (secondary N) is 1. The molecule has 1 N–H and O–H groups in total. The number of aromatic nitrogens is 2. The predicted octanol–water partition coefficient (Wildman–Crippen LogP) is 3.04. The summed E-state index contributed by atoms with van der Waals surface area (Å²) in [5, 5.41) is 8.11. The van der Waals surface area contributed by atoms with E-state index in [9.17, 15) is 0 Å². The molecule has 0 amide bonds. The molecule has 0 radical (unpaired) electrons. The molecule has 1 atom stereocenters. The molecule has 96 valence electrons. The van der Waals surface area contributed by atoms with Crippen LogP contribution in [0.3, 0.4) is 0 Å². The third-order valence-electron chi connectivity index (χ3n) is 3.21. The summed E-state index contributed by atoms with van der Waals surface area (Å²) < 4.78 is 1.97. The first-order valence-corrected chi connectivity index (χ1v) is 6.46. The van der Waals surface area contributed by atoms with Gasteiger partial charge in [-0.1, -0.05) is 13.0 Å². The largest absolute Gasteiger partial charge is 0.310 e. The first kappa shape index (κ1) is 14.0. The smallest absolute Gasteiger partial charge is 0.0644 e. The van der Waals surface area contributed by atoms with E-state index < -0.39 is 0 Å². The Hall–Kier alpha value is -1.09. The van der Waals surface area contributed by atoms with Crippen LogP contribution in [0.4, 0.5) is 0 Å². The average molecular weight is 235 g/mol. The van der Waals surface area contributed by atoms with E-state index in [2.05, 4.69) is 37.8 Å². The molecule has 0 aliphatic rings. The monoisotopic (exact) mass is 235 g/mol. The highest BCUT2D eigenvalue weighted by molar-refractivity contribution is 5.28. The highest BCUT2D eigenvalue weighted by Gasteiger charge is 2.18. The molecule has 0 aliphatic heterocycles. The van der Waals surface area contributed by atoms with E-state index in [0.717, 1.165) is 31.5 Å². The van der Waals surface area contributed by atoms with E-state index in [4.69, 9.17) is 0 Å². The van der Waals surface area contributed by atoms with Crippen LogP contribution in [0, 0.1) is 13.8 Å². The van der Waals surface area contributed by atoms with Gasteiger partial charge in [0.25, 0.3) is 0 Å². The van der Waals surface area contributed by atoms with Gasteiger partial charge in [-0.05, 0) is 39.7 Å². The average Bonchev–Trinajstić information content (AvgIpc) is 2.55. The molecule has 0 aromatic carbocycles. The van der Waals surface area contributed by atoms with Crippen molar-refractivity contribution in [2.24, 2.45) is 7.05 Å². The summed E-state index contributed by atoms with van der Waals surface area (Å²) in [5.41, 5.74) is 3.77. The lowest BCUT2D eigenvalue weighted by Gasteiger charge is -2.18. The van der Waals surface area contributed by atoms with Crippen LogP contribution in [0.15, 0.2) is 12.7 Å². The van der Waals surface area contributed by atoms with Crippen molar-refractivity contribution < 1.29 is 0 Å². The Morgan fingerprint density at radius 3 is 2.65 bits per heavy atom. The summed E-state index contributed by atoms with van der Waals surface area (Å²) in [6.07, 6.45) is 5.27. The SMILES string of the molecule is C=CCCC(NCCC)c1c(C)nn(C)c1C. The first-order valence-electron chi connectivity index (χ1n) is 6.46. The molecule has 17 heavy (non-hydrogen) atoms. The number of allylic oxidation sites excluding steroid dienone is 1. The molecule has 3 heteroatoms. The Morgan fingerprint density at radius 1 is 1.47 bits per heavy atom. The van der Waals surface area contributed by atoms with Crippen LogP contribution in [0.1, 0.15) is 49.2 Å². The minimum absolute atomic E-state index is 0.404. The van der Waals surface area contributed by atoms with Gasteiger partial charge in [-0.25, -0.2) is 0 Å². The van der Waals surface area contributed by atoms with Gasteiger partial charge in [0.2, 0.25) is 0 Å². The molecule has 0 bridgehead atoms. The Morgan fingerprint density at radius 2 is 2.18 bits per heavy atom. The highest BCUT2D eigenvalue weighted by atomic mass is 15.3. The number of aryl methyl sites for hydroxylation is 2. The van der Waals surface area contributed by atoms with E-state index in [1.807, 2.05) is 17.8 Å². The van der Waals surface area contributed by atoms with Crippen molar-refractivity contribution in [2.45, 2.75) is 46.1 Å². The second kappa shape index (κ2) is 6.60. The molecule has 0 saturated heterocycles. The van der Waals surface area contributed by atoms with Gasteiger partial charge in [0, 0.05) is 24.3 Å². The van der Waals surface area contributed by atoms with E-state index in [1.165, 1.54) is 11.3 Å². The van der Waals surface area contributed by atoms with Crippen molar-refractivity contribution in [2.75, 3.05) is 6.54 Å². The zero-order valence-electron chi connectivity index (χ0n) is 11.6. The van der Waals surface area contributed by atoms with Gasteiger partial charge in [-0.15, -0.1) is 6.58 Å². The summed E-state index contributed by atoms with van der Waals surface area (Å²) in [5.74, 6) is 0. The van der Waals surface area contributed by atoms with Gasteiger partial charge in [0.1, 0.15) is 0 Å². The van der Waals surface area contributed by atoms with Crippen LogP contribution >= 0.6 is 0 Å². The molecule has 3 nitrogen and oxygen atoms in total. The standard InChI is InChI=1S/C14H25N3/c1-6-8-9-13(15-10-7-2)14-11(3)16-17(5)12(14)4/h6,13,15H,1,7-10H2,2-5H3. The zero-order valence-corrected chi connectivity index (χ0v) is 11.6. The van der Waals surface area contributed by atoms with E-state index in [-0.39, 0.29) is 0 Å². The second-order valence-electron chi connectivity index (χ2n) is 4.58. The van der Waals surface area contributed by atoms with Crippen LogP contribution in [0.5, 0.6) is 0 Å². The lowest BCUT2D eigenvalue weighted by atomic mass is 10.00. The maximum absolute atomic E-state index is 4.50. The summed E-state index contributed by atoms with van der Waals surface area (Å²) in [4.78, 5) is 0. The van der Waals surface area contributed by atoms with Gasteiger partial charge in [-0.2, -0.15) is 5.10 Å². The minimum Gasteiger partial charge on any atom is -0.310 e. The van der Waals surface area contributed by atoms with Gasteiger partial charge in [-0.3, -0.25) is 4.68 Å². The highest BCUT2D eigenvalue weighted by Crippen LogP contribution is 2.25. The molecule has 0 aliphatic carbocycles. The zero-order chi connectivity index (χ0) is 12.8. The molecule has 1 heterocycles. The Labute approximate surface area is 105 Å². The van der Waals surface area contributed by atoms with Crippen molar-refractivity contribution in [3.05, 3.63) is 29.6 Å². The first-order chi connectivity index (χ1) is 8.11. The van der Waals surface area contributed by atoms with Gasteiger partial charge in [0.15, 0.2) is 0 Å². The molecule has 0 spiro atoms. The lowest BCUT2D eigenvalue weighted by molar-refractivity contribution is 0.498. The molecule has 1 unspecified atom stereocenters. The maximum atomic E-state index is 4.50. The lowest BCUT2D eigenvalue weighted by Crippen LogP contribution is -2.23. The topological polar surface area (TPSA) is 29.9 Å². The van der Waals surface area contributed by atoms with Crippen molar-refractivity contribution in [3.63, 3.8) is 0 Å². The Kier molecular flexibility index (Phi) is 5.42. The van der Waals surface area contributed by atoms with Crippen LogP contribution in [0.25, 0.3) is 0 Å². The van der Waals surface area contributed by atoms with E-state index in [1.54, 1.807) is 0 Å². The van der Waals surface area contributed by atoms with Crippen LogP contribution in [-0.2, 0) is 7.05 Å². The van der Waals surface area contributed by atoms with Crippen LogP contribution in [-0.4, -0.2) is 16.3 Å². The van der Waals surface area contributed by atoms with Crippen molar-refractivity contribution >= 4 is 0 Å². The molecule has 1 rings (SSSR count). The third kappa shape index (κ3) is 3.43. The number of hydrogen-bond acceptors (Lipinski definition) is 2. The number of rotatable bonds is 7. The van der Waals surface area contributed by atoms with E-state index in [0.29, 0.717) is 6.04 Å². The fraction of sp³-hybridized carbons (Fsp3) is 0.643. The molecule has 1 aromatic rings. The number of nitrogens with zero attached hydrogens (tertiary/aromatic N) is 2. The Balaban J connectivity index is 2.90. The van der Waals surface area contributed by atoms with E-state index >= 15 is 0 Å². The van der Waals surface area contributed by atoms with Crippen molar-refractivity contribution in [3.8, 4) is 0 Å². The summed E-state index contributed by atoms with van der Waals surface area (Å²) in [6, 6.07) is 0.404. The predicted molar refractivity (Wildman–Crippen MR) is 73.1 cm³/mol. The van der Waals surface area contributed by atoms with Gasteiger partial charge in [0.05, 0.1) is 5.69 Å². The Bertz CT molecular complexity index is 366. The molecular weight excluding hydrogens is 210 g/mol. The van der Waals surface area contributed by atoms with Crippen molar-refractivity contribution in [1.29, 1.82) is 0 Å². The molecule has 0 fully saturated rings. The molecular formula is C14H25N3. The second-order valence-corrected chi connectivity index (χ2v) is 4.58. The van der Waals surface area contributed by atoms with Crippen LogP contribution in [0.2, 0.25) is 0 Å². The molecule has 1 aromatic heterocycles. The molecule has 0 saturated carbocycles. The summed E-state index contributed by atoms with van der Waals surface area (Å²) in [6.45, 7) is 11.3.